The van der Waals surface area contributed by atoms with Gasteiger partial charge in [0.25, 0.3) is 0 Å². The molecule has 0 aliphatic carbocycles. The summed E-state index contributed by atoms with van der Waals surface area (Å²) in [4.78, 5) is 2.03. The van der Waals surface area contributed by atoms with Gasteiger partial charge in [-0.05, 0) is 31.4 Å². The van der Waals surface area contributed by atoms with E-state index in [0.29, 0.717) is 18.0 Å². The number of β-amino-alcohol motifs (C(OH)–C–C–N with tert-alkyl or cyclic N) is 1. The molecule has 3 nitrogen and oxygen atoms in total. The minimum Gasteiger partial charge on any atom is -0.391 e. The maximum atomic E-state index is 13.9. The van der Waals surface area contributed by atoms with Crippen molar-refractivity contribution in [3.05, 3.63) is 29.6 Å². The van der Waals surface area contributed by atoms with Crippen LogP contribution < -0.4 is 10.6 Å². The van der Waals surface area contributed by atoms with E-state index < -0.39 is 0 Å². The Morgan fingerprint density at radius 3 is 2.83 bits per heavy atom. The third-order valence-electron chi connectivity index (χ3n) is 3.74. The van der Waals surface area contributed by atoms with Crippen molar-refractivity contribution in [2.75, 3.05) is 18.0 Å². The molecule has 1 aliphatic heterocycles. The van der Waals surface area contributed by atoms with Crippen molar-refractivity contribution < 1.29 is 9.50 Å². The first-order valence-corrected chi connectivity index (χ1v) is 6.47. The third-order valence-corrected chi connectivity index (χ3v) is 3.74. The Morgan fingerprint density at radius 2 is 2.22 bits per heavy atom. The molecule has 0 saturated carbocycles. The van der Waals surface area contributed by atoms with Crippen LogP contribution in [0, 0.1) is 11.7 Å². The Balaban J connectivity index is 2.31. The van der Waals surface area contributed by atoms with Gasteiger partial charge in [-0.15, -0.1) is 0 Å². The molecule has 0 aromatic heterocycles. The smallest absolute Gasteiger partial charge is 0.130 e. The predicted molar refractivity (Wildman–Crippen MR) is 71.0 cm³/mol. The van der Waals surface area contributed by atoms with Crippen molar-refractivity contribution in [1.29, 1.82) is 0 Å². The quantitative estimate of drug-likeness (QED) is 0.847. The monoisotopic (exact) mass is 252 g/mol. The summed E-state index contributed by atoms with van der Waals surface area (Å²) in [5, 5.41) is 9.94. The molecule has 100 valence electrons. The van der Waals surface area contributed by atoms with Crippen molar-refractivity contribution in [3.8, 4) is 0 Å². The molecule has 3 N–H and O–H groups in total. The first-order valence-electron chi connectivity index (χ1n) is 6.47. The molecule has 2 unspecified atom stereocenters. The van der Waals surface area contributed by atoms with Gasteiger partial charge in [-0.3, -0.25) is 0 Å². The van der Waals surface area contributed by atoms with E-state index >= 15 is 0 Å². The molecule has 1 aromatic carbocycles. The van der Waals surface area contributed by atoms with Crippen LogP contribution in [0.1, 0.15) is 31.9 Å². The number of nitrogens with zero attached hydrogens (tertiary/aromatic N) is 1. The fourth-order valence-corrected chi connectivity index (χ4v) is 2.52. The second-order valence-electron chi connectivity index (χ2n) is 5.24. The summed E-state index contributed by atoms with van der Waals surface area (Å²) >= 11 is 0. The SMILES string of the molecule is CC1CCN(c2cccc(F)c2[C@H](C)N)CC1O. The summed E-state index contributed by atoms with van der Waals surface area (Å²) in [6.07, 6.45) is 0.554. The Kier molecular flexibility index (Phi) is 3.88. The van der Waals surface area contributed by atoms with Gasteiger partial charge in [-0.25, -0.2) is 4.39 Å². The van der Waals surface area contributed by atoms with Crippen molar-refractivity contribution in [2.45, 2.75) is 32.4 Å². The average Bonchev–Trinajstić information content (AvgIpc) is 2.32. The number of halogens is 1. The fourth-order valence-electron chi connectivity index (χ4n) is 2.52. The normalized spacial score (nSPS) is 26.2. The predicted octanol–water partition coefficient (Wildman–Crippen LogP) is 2.05. The van der Waals surface area contributed by atoms with Crippen LogP contribution >= 0.6 is 0 Å². The number of anilines is 1. The van der Waals surface area contributed by atoms with Crippen LogP contribution in [0.5, 0.6) is 0 Å². The van der Waals surface area contributed by atoms with Crippen molar-refractivity contribution in [1.82, 2.24) is 0 Å². The van der Waals surface area contributed by atoms with Gasteiger partial charge in [0.05, 0.1) is 6.10 Å². The number of nitrogens with two attached hydrogens (primary N) is 1. The van der Waals surface area contributed by atoms with Gasteiger partial charge in [-0.1, -0.05) is 13.0 Å². The Hall–Kier alpha value is -1.13. The number of hydrogen-bond donors (Lipinski definition) is 2. The first kappa shape index (κ1) is 13.3. The summed E-state index contributed by atoms with van der Waals surface area (Å²) in [7, 11) is 0. The second-order valence-corrected chi connectivity index (χ2v) is 5.24. The largest absolute Gasteiger partial charge is 0.391 e. The highest BCUT2D eigenvalue weighted by Gasteiger charge is 2.26. The molecule has 2 rings (SSSR count). The lowest BCUT2D eigenvalue weighted by molar-refractivity contribution is 0.103. The number of rotatable bonds is 2. The topological polar surface area (TPSA) is 49.5 Å². The van der Waals surface area contributed by atoms with Crippen LogP contribution in [0.4, 0.5) is 10.1 Å². The lowest BCUT2D eigenvalue weighted by atomic mass is 9.94. The molecular formula is C14H21FN2O. The molecular weight excluding hydrogens is 231 g/mol. The summed E-state index contributed by atoms with van der Waals surface area (Å²) in [5.74, 6) is 0.0316. The zero-order valence-corrected chi connectivity index (χ0v) is 10.9. The molecule has 1 aliphatic rings. The summed E-state index contributed by atoms with van der Waals surface area (Å²) in [5.41, 5.74) is 7.21. The van der Waals surface area contributed by atoms with Gasteiger partial charge in [0.2, 0.25) is 0 Å². The molecule has 18 heavy (non-hydrogen) atoms. The number of aliphatic hydroxyl groups excluding tert-OH is 1. The minimum atomic E-state index is -0.358. The van der Waals surface area contributed by atoms with Gasteiger partial charge in [-0.2, -0.15) is 0 Å². The molecule has 0 spiro atoms. The zero-order valence-electron chi connectivity index (χ0n) is 10.9. The molecule has 3 atom stereocenters. The number of piperidine rings is 1. The summed E-state index contributed by atoms with van der Waals surface area (Å²) < 4.78 is 13.9. The highest BCUT2D eigenvalue weighted by Crippen LogP contribution is 2.31. The highest BCUT2D eigenvalue weighted by molar-refractivity contribution is 5.56. The van der Waals surface area contributed by atoms with Crippen LogP contribution in [0.15, 0.2) is 18.2 Å². The van der Waals surface area contributed by atoms with Crippen LogP contribution in [-0.4, -0.2) is 24.3 Å². The molecule has 1 saturated heterocycles. The maximum absolute atomic E-state index is 13.9. The average molecular weight is 252 g/mol. The molecule has 0 radical (unpaired) electrons. The molecule has 1 fully saturated rings. The summed E-state index contributed by atoms with van der Waals surface area (Å²) in [6, 6.07) is 4.66. The van der Waals surface area contributed by atoms with Crippen LogP contribution in [0.2, 0.25) is 0 Å². The summed E-state index contributed by atoms with van der Waals surface area (Å²) in [6.45, 7) is 5.21. The maximum Gasteiger partial charge on any atom is 0.130 e. The Labute approximate surface area is 107 Å². The first-order chi connectivity index (χ1) is 8.50. The standard InChI is InChI=1S/C14H21FN2O/c1-9-6-7-17(8-13(9)18)12-5-3-4-11(15)14(12)10(2)16/h3-5,9-10,13,18H,6-8,16H2,1-2H3/t9?,10-,13?/m0/s1. The Bertz CT molecular complexity index is 422. The number of aliphatic hydroxyl groups is 1. The van der Waals surface area contributed by atoms with Crippen molar-refractivity contribution >= 4 is 5.69 Å². The van der Waals surface area contributed by atoms with E-state index in [4.69, 9.17) is 5.73 Å². The molecule has 4 heteroatoms. The fraction of sp³-hybridized carbons (Fsp3) is 0.571. The molecule has 0 amide bonds. The highest BCUT2D eigenvalue weighted by atomic mass is 19.1. The molecule has 0 bridgehead atoms. The van der Waals surface area contributed by atoms with Crippen molar-refractivity contribution in [2.24, 2.45) is 11.7 Å². The van der Waals surface area contributed by atoms with E-state index in [1.54, 1.807) is 13.0 Å². The van der Waals surface area contributed by atoms with Gasteiger partial charge in [0.1, 0.15) is 5.82 Å². The van der Waals surface area contributed by atoms with Gasteiger partial charge in [0, 0.05) is 30.4 Å². The zero-order chi connectivity index (χ0) is 13.3. The van der Waals surface area contributed by atoms with Gasteiger partial charge in [0.15, 0.2) is 0 Å². The van der Waals surface area contributed by atoms with Gasteiger partial charge >= 0.3 is 0 Å². The lowest BCUT2D eigenvalue weighted by Gasteiger charge is -2.37. The lowest BCUT2D eigenvalue weighted by Crippen LogP contribution is -2.43. The minimum absolute atomic E-state index is 0.268. The molecule has 1 heterocycles. The number of benzene rings is 1. The van der Waals surface area contributed by atoms with E-state index in [1.165, 1.54) is 6.07 Å². The van der Waals surface area contributed by atoms with Crippen molar-refractivity contribution in [3.63, 3.8) is 0 Å². The van der Waals surface area contributed by atoms with E-state index in [0.717, 1.165) is 18.7 Å². The number of hydrogen-bond acceptors (Lipinski definition) is 3. The van der Waals surface area contributed by atoms with E-state index in [9.17, 15) is 9.50 Å². The Morgan fingerprint density at radius 1 is 1.50 bits per heavy atom. The second kappa shape index (κ2) is 5.24. The van der Waals surface area contributed by atoms with E-state index in [-0.39, 0.29) is 18.0 Å². The van der Waals surface area contributed by atoms with Crippen LogP contribution in [0.25, 0.3) is 0 Å². The van der Waals surface area contributed by atoms with E-state index in [1.807, 2.05) is 17.9 Å². The third kappa shape index (κ3) is 2.49. The van der Waals surface area contributed by atoms with Gasteiger partial charge < -0.3 is 15.7 Å². The van der Waals surface area contributed by atoms with Crippen LogP contribution in [0.3, 0.4) is 0 Å². The van der Waals surface area contributed by atoms with E-state index in [2.05, 4.69) is 0 Å². The van der Waals surface area contributed by atoms with Crippen LogP contribution in [-0.2, 0) is 0 Å². The molecule has 1 aromatic rings.